The van der Waals surface area contributed by atoms with Crippen molar-refractivity contribution in [1.82, 2.24) is 10.6 Å². The number of halogens is 1. The predicted molar refractivity (Wildman–Crippen MR) is 90.9 cm³/mol. The summed E-state index contributed by atoms with van der Waals surface area (Å²) in [5.74, 6) is 1.21. The molecule has 0 radical (unpaired) electrons. The fourth-order valence-electron chi connectivity index (χ4n) is 2.72. The van der Waals surface area contributed by atoms with E-state index in [1.807, 2.05) is 0 Å². The number of nitrogens with two attached hydrogens (primary N) is 1. The fourth-order valence-corrected chi connectivity index (χ4v) is 2.72. The molecule has 1 rings (SSSR count). The molecule has 0 aliphatic carbocycles. The summed E-state index contributed by atoms with van der Waals surface area (Å²) in [7, 11) is 0. The smallest absolute Gasteiger partial charge is 0.223 e. The van der Waals surface area contributed by atoms with E-state index in [-0.39, 0.29) is 25.0 Å². The Morgan fingerprint density at radius 2 is 1.91 bits per heavy atom. The highest BCUT2D eigenvalue weighted by molar-refractivity contribution is 5.78. The SMILES string of the molecule is CC(CCC(C)COC[C@H](F)CN)CNC(=O)C1CCNCC1. The maximum Gasteiger partial charge on any atom is 0.223 e. The van der Waals surface area contributed by atoms with Gasteiger partial charge in [0.1, 0.15) is 6.17 Å². The zero-order chi connectivity index (χ0) is 17.1. The first-order chi connectivity index (χ1) is 11.0. The van der Waals surface area contributed by atoms with Gasteiger partial charge < -0.3 is 21.1 Å². The van der Waals surface area contributed by atoms with Crippen LogP contribution in [0, 0.1) is 17.8 Å². The monoisotopic (exact) mass is 331 g/mol. The van der Waals surface area contributed by atoms with Crippen LogP contribution in [0.5, 0.6) is 0 Å². The number of carbonyl (C=O) groups is 1. The number of ether oxygens (including phenoxy) is 1. The summed E-state index contributed by atoms with van der Waals surface area (Å²) in [6.45, 7) is 7.54. The molecule has 1 saturated heterocycles. The number of hydrogen-bond donors (Lipinski definition) is 3. The lowest BCUT2D eigenvalue weighted by Crippen LogP contribution is -2.39. The molecule has 0 aromatic rings. The van der Waals surface area contributed by atoms with Crippen molar-refractivity contribution in [2.45, 2.75) is 45.7 Å². The summed E-state index contributed by atoms with van der Waals surface area (Å²) in [5, 5.41) is 6.35. The second kappa shape index (κ2) is 11.8. The average Bonchev–Trinajstić information content (AvgIpc) is 2.58. The summed E-state index contributed by atoms with van der Waals surface area (Å²) >= 11 is 0. The summed E-state index contributed by atoms with van der Waals surface area (Å²) in [4.78, 5) is 12.1. The third kappa shape index (κ3) is 9.23. The highest BCUT2D eigenvalue weighted by Gasteiger charge is 2.20. The molecule has 5 nitrogen and oxygen atoms in total. The molecule has 2 unspecified atom stereocenters. The molecule has 0 aromatic heterocycles. The van der Waals surface area contributed by atoms with E-state index in [1.165, 1.54) is 0 Å². The Kier molecular flexibility index (Phi) is 10.4. The van der Waals surface area contributed by atoms with Crippen molar-refractivity contribution in [3.8, 4) is 0 Å². The molecule has 1 amide bonds. The molecule has 136 valence electrons. The van der Waals surface area contributed by atoms with E-state index in [0.717, 1.165) is 45.3 Å². The Hall–Kier alpha value is -0.720. The second-order valence-corrected chi connectivity index (χ2v) is 6.93. The van der Waals surface area contributed by atoms with Gasteiger partial charge in [-0.2, -0.15) is 0 Å². The Morgan fingerprint density at radius 1 is 1.26 bits per heavy atom. The highest BCUT2D eigenvalue weighted by atomic mass is 19.1. The van der Waals surface area contributed by atoms with E-state index < -0.39 is 6.17 Å². The Balaban J connectivity index is 2.06. The minimum absolute atomic E-state index is 0.0160. The van der Waals surface area contributed by atoms with E-state index in [0.29, 0.717) is 18.4 Å². The van der Waals surface area contributed by atoms with Crippen LogP contribution in [0.4, 0.5) is 4.39 Å². The van der Waals surface area contributed by atoms with Crippen molar-refractivity contribution in [3.63, 3.8) is 0 Å². The van der Waals surface area contributed by atoms with Gasteiger partial charge in [-0.1, -0.05) is 13.8 Å². The lowest BCUT2D eigenvalue weighted by atomic mass is 9.96. The third-order valence-electron chi connectivity index (χ3n) is 4.44. The quantitative estimate of drug-likeness (QED) is 0.536. The molecule has 1 heterocycles. The second-order valence-electron chi connectivity index (χ2n) is 6.93. The van der Waals surface area contributed by atoms with Crippen LogP contribution in [0.25, 0.3) is 0 Å². The van der Waals surface area contributed by atoms with Crippen molar-refractivity contribution in [3.05, 3.63) is 0 Å². The van der Waals surface area contributed by atoms with Crippen LogP contribution in [0.15, 0.2) is 0 Å². The average molecular weight is 331 g/mol. The molecule has 0 spiro atoms. The molecular formula is C17H34FN3O2. The van der Waals surface area contributed by atoms with Crippen LogP contribution in [0.1, 0.15) is 39.5 Å². The minimum Gasteiger partial charge on any atom is -0.378 e. The van der Waals surface area contributed by atoms with Gasteiger partial charge in [-0.05, 0) is 50.6 Å². The van der Waals surface area contributed by atoms with E-state index >= 15 is 0 Å². The molecule has 1 aliphatic heterocycles. The Morgan fingerprint density at radius 3 is 2.57 bits per heavy atom. The van der Waals surface area contributed by atoms with Gasteiger partial charge in [0.25, 0.3) is 0 Å². The molecule has 4 N–H and O–H groups in total. The molecule has 3 atom stereocenters. The summed E-state index contributed by atoms with van der Waals surface area (Å²) in [6, 6.07) is 0. The summed E-state index contributed by atoms with van der Waals surface area (Å²) in [6.07, 6.45) is 2.86. The molecular weight excluding hydrogens is 297 g/mol. The summed E-state index contributed by atoms with van der Waals surface area (Å²) in [5.41, 5.74) is 5.21. The van der Waals surface area contributed by atoms with Gasteiger partial charge in [-0.3, -0.25) is 4.79 Å². The number of alkyl halides is 1. The number of nitrogens with one attached hydrogen (secondary N) is 2. The Labute approximate surface area is 139 Å². The predicted octanol–water partition coefficient (Wildman–Crippen LogP) is 1.47. The van der Waals surface area contributed by atoms with Gasteiger partial charge >= 0.3 is 0 Å². The van der Waals surface area contributed by atoms with E-state index in [4.69, 9.17) is 10.5 Å². The highest BCUT2D eigenvalue weighted by Crippen LogP contribution is 2.14. The van der Waals surface area contributed by atoms with Crippen LogP contribution in [-0.2, 0) is 9.53 Å². The minimum atomic E-state index is -1.06. The van der Waals surface area contributed by atoms with Crippen LogP contribution in [0.2, 0.25) is 0 Å². The van der Waals surface area contributed by atoms with Crippen molar-refractivity contribution < 1.29 is 13.9 Å². The molecule has 23 heavy (non-hydrogen) atoms. The molecule has 0 saturated carbocycles. The number of rotatable bonds is 11. The maximum atomic E-state index is 12.9. The number of hydrogen-bond acceptors (Lipinski definition) is 4. The van der Waals surface area contributed by atoms with Crippen LogP contribution >= 0.6 is 0 Å². The fraction of sp³-hybridized carbons (Fsp3) is 0.941. The molecule has 1 fully saturated rings. The molecule has 1 aliphatic rings. The lowest BCUT2D eigenvalue weighted by Gasteiger charge is -2.23. The van der Waals surface area contributed by atoms with Gasteiger partial charge in [0.2, 0.25) is 5.91 Å². The zero-order valence-electron chi connectivity index (χ0n) is 14.7. The van der Waals surface area contributed by atoms with Crippen molar-refractivity contribution in [2.75, 3.05) is 39.4 Å². The van der Waals surface area contributed by atoms with Gasteiger partial charge in [-0.25, -0.2) is 4.39 Å². The van der Waals surface area contributed by atoms with Crippen LogP contribution < -0.4 is 16.4 Å². The van der Waals surface area contributed by atoms with E-state index in [1.54, 1.807) is 0 Å². The van der Waals surface area contributed by atoms with Gasteiger partial charge in [0.05, 0.1) is 6.61 Å². The normalized spacial score (nSPS) is 20.0. The first kappa shape index (κ1) is 20.3. The topological polar surface area (TPSA) is 76.4 Å². The lowest BCUT2D eigenvalue weighted by molar-refractivity contribution is -0.125. The number of piperidine rings is 1. The van der Waals surface area contributed by atoms with E-state index in [2.05, 4.69) is 24.5 Å². The molecule has 0 aromatic carbocycles. The maximum absolute atomic E-state index is 12.9. The van der Waals surface area contributed by atoms with Crippen LogP contribution in [-0.4, -0.2) is 51.5 Å². The first-order valence-electron chi connectivity index (χ1n) is 8.93. The third-order valence-corrected chi connectivity index (χ3v) is 4.44. The van der Waals surface area contributed by atoms with Gasteiger partial charge in [-0.15, -0.1) is 0 Å². The Bertz CT molecular complexity index is 325. The van der Waals surface area contributed by atoms with E-state index in [9.17, 15) is 9.18 Å². The van der Waals surface area contributed by atoms with Crippen molar-refractivity contribution in [1.29, 1.82) is 0 Å². The largest absolute Gasteiger partial charge is 0.378 e. The number of amides is 1. The van der Waals surface area contributed by atoms with Crippen LogP contribution in [0.3, 0.4) is 0 Å². The zero-order valence-corrected chi connectivity index (χ0v) is 14.7. The van der Waals surface area contributed by atoms with Gasteiger partial charge in [0, 0.05) is 25.6 Å². The van der Waals surface area contributed by atoms with Crippen molar-refractivity contribution in [2.24, 2.45) is 23.5 Å². The van der Waals surface area contributed by atoms with Gasteiger partial charge in [0.15, 0.2) is 0 Å². The van der Waals surface area contributed by atoms with Crippen molar-refractivity contribution >= 4 is 5.91 Å². The molecule has 0 bridgehead atoms. The first-order valence-corrected chi connectivity index (χ1v) is 8.93. The number of carbonyl (C=O) groups excluding carboxylic acids is 1. The standard InChI is InChI=1S/C17H34FN3O2/c1-13(3-4-14(2)11-23-12-16(18)9-19)10-21-17(22)15-5-7-20-8-6-15/h13-16,20H,3-12,19H2,1-2H3,(H,21,22)/t13?,14?,16-/m1/s1. The summed E-state index contributed by atoms with van der Waals surface area (Å²) < 4.78 is 18.3. The molecule has 6 heteroatoms.